The van der Waals surface area contributed by atoms with Gasteiger partial charge in [0.1, 0.15) is 5.75 Å². The molecule has 3 heteroatoms. The lowest BCUT2D eigenvalue weighted by molar-refractivity contribution is -0.140. The molecule has 0 spiro atoms. The first-order chi connectivity index (χ1) is 7.60. The van der Waals surface area contributed by atoms with Crippen LogP contribution in [-0.4, -0.2) is 20.2 Å². The first kappa shape index (κ1) is 7.85. The van der Waals surface area contributed by atoms with Gasteiger partial charge < -0.3 is 9.47 Å². The Morgan fingerprint density at radius 3 is 2.50 bits per heavy atom. The van der Waals surface area contributed by atoms with Gasteiger partial charge in [0.05, 0.1) is 14.2 Å². The molecule has 0 aliphatic carbocycles. The summed E-state index contributed by atoms with van der Waals surface area (Å²) in [6, 6.07) is 6.73. The second-order valence-electron chi connectivity index (χ2n) is 2.63. The van der Waals surface area contributed by atoms with Crippen LogP contribution in [0.2, 0.25) is 0 Å². The number of esters is 1. The van der Waals surface area contributed by atoms with Crippen molar-refractivity contribution in [1.82, 2.24) is 0 Å². The smallest absolute Gasteiger partial charge is 0.305 e. The second-order valence-corrected chi connectivity index (χ2v) is 2.63. The van der Waals surface area contributed by atoms with Crippen LogP contribution in [0.5, 0.6) is 5.75 Å². The minimum absolute atomic E-state index is 0.589. The first-order valence-electron chi connectivity index (χ1n) is 5.32. The van der Waals surface area contributed by atoms with E-state index in [9.17, 15) is 4.79 Å². The Hall–Kier alpha value is -1.51. The van der Waals surface area contributed by atoms with Crippen LogP contribution in [0.1, 0.15) is 14.7 Å². The van der Waals surface area contributed by atoms with Crippen LogP contribution in [0.15, 0.2) is 24.3 Å². The molecule has 0 aliphatic heterocycles. The minimum atomic E-state index is -1.22. The third-order valence-electron chi connectivity index (χ3n) is 1.73. The maximum atomic E-state index is 11.1. The molecule has 2 unspecified atom stereocenters. The Morgan fingerprint density at radius 1 is 1.36 bits per heavy atom. The molecule has 0 saturated carbocycles. The fourth-order valence-electron chi connectivity index (χ4n) is 0.947. The monoisotopic (exact) mass is 196 g/mol. The topological polar surface area (TPSA) is 35.5 Å². The molecule has 3 nitrogen and oxygen atoms in total. The summed E-state index contributed by atoms with van der Waals surface area (Å²) in [5, 5.41) is 0. The van der Waals surface area contributed by atoms with Crippen LogP contribution in [0.4, 0.5) is 0 Å². The van der Waals surface area contributed by atoms with Gasteiger partial charge in [-0.25, -0.2) is 0 Å². The molecule has 0 fully saturated rings. The Labute approximate surface area is 86.5 Å². The molecular formula is C11H14O3. The highest BCUT2D eigenvalue weighted by Gasteiger charge is 2.01. The van der Waals surface area contributed by atoms with Crippen LogP contribution in [0, 0.1) is 0 Å². The molecule has 0 N–H and O–H groups in total. The van der Waals surface area contributed by atoms with Crippen molar-refractivity contribution in [2.75, 3.05) is 14.2 Å². The summed E-state index contributed by atoms with van der Waals surface area (Å²) in [6.07, 6.45) is -2.17. The number of methoxy groups -OCH3 is 2. The van der Waals surface area contributed by atoms with Gasteiger partial charge in [0.2, 0.25) is 0 Å². The fraction of sp³-hybridized carbons (Fsp3) is 0.364. The van der Waals surface area contributed by atoms with Gasteiger partial charge in [0, 0.05) is 9.14 Å². The number of benzene rings is 1. The summed E-state index contributed by atoms with van der Waals surface area (Å²) in [6.45, 7) is 0. The largest absolute Gasteiger partial charge is 0.497 e. The van der Waals surface area contributed by atoms with Gasteiger partial charge in [-0.1, -0.05) is 12.1 Å². The zero-order valence-electron chi connectivity index (χ0n) is 10.2. The van der Waals surface area contributed by atoms with Crippen LogP contribution >= 0.6 is 0 Å². The zero-order valence-corrected chi connectivity index (χ0v) is 8.19. The van der Waals surface area contributed by atoms with Crippen LogP contribution in [-0.2, 0) is 15.9 Å². The molecule has 1 rings (SSSR count). The molecule has 1 aromatic rings. The van der Waals surface area contributed by atoms with E-state index in [0.717, 1.165) is 0 Å². The van der Waals surface area contributed by atoms with E-state index in [-0.39, 0.29) is 0 Å². The number of ether oxygens (including phenoxy) is 2. The van der Waals surface area contributed by atoms with Gasteiger partial charge in [-0.3, -0.25) is 4.79 Å². The molecule has 0 aromatic heterocycles. The molecule has 0 saturated heterocycles. The van der Waals surface area contributed by atoms with E-state index >= 15 is 0 Å². The van der Waals surface area contributed by atoms with Gasteiger partial charge in [-0.05, 0) is 24.1 Å². The van der Waals surface area contributed by atoms with Crippen molar-refractivity contribution >= 4 is 5.97 Å². The van der Waals surface area contributed by atoms with E-state index in [1.54, 1.807) is 31.4 Å². The summed E-state index contributed by atoms with van der Waals surface area (Å²) in [5.41, 5.74) is 0.589. The fourth-order valence-corrected chi connectivity index (χ4v) is 0.947. The highest BCUT2D eigenvalue weighted by Crippen LogP contribution is 2.12. The van der Waals surface area contributed by atoms with Crippen LogP contribution in [0.3, 0.4) is 0 Å². The summed E-state index contributed by atoms with van der Waals surface area (Å²) < 4.78 is 24.7. The number of rotatable bonds is 4. The van der Waals surface area contributed by atoms with Gasteiger partial charge in [0.25, 0.3) is 0 Å². The van der Waals surface area contributed by atoms with Gasteiger partial charge in [-0.15, -0.1) is 0 Å². The number of hydrogen-bond acceptors (Lipinski definition) is 3. The van der Waals surface area contributed by atoms with Crippen molar-refractivity contribution in [3.63, 3.8) is 0 Å². The van der Waals surface area contributed by atoms with Gasteiger partial charge in [0.15, 0.2) is 0 Å². The quantitative estimate of drug-likeness (QED) is 0.689. The third kappa shape index (κ3) is 3.09. The Bertz CT molecular complexity index is 351. The lowest BCUT2D eigenvalue weighted by atomic mass is 10.1. The number of hydrogen-bond donors (Lipinski definition) is 0. The van der Waals surface area contributed by atoms with Crippen molar-refractivity contribution in [3.05, 3.63) is 29.8 Å². The predicted molar refractivity (Wildman–Crippen MR) is 53.3 cm³/mol. The lowest BCUT2D eigenvalue weighted by Crippen LogP contribution is -2.01. The number of carbonyl (C=O) groups is 1. The van der Waals surface area contributed by atoms with Crippen LogP contribution < -0.4 is 4.74 Å². The molecule has 76 valence electrons. The molecule has 14 heavy (non-hydrogen) atoms. The maximum absolute atomic E-state index is 11.1. The van der Waals surface area contributed by atoms with Crippen LogP contribution in [0.25, 0.3) is 0 Å². The summed E-state index contributed by atoms with van der Waals surface area (Å²) in [5.74, 6) is -0.0219. The average molecular weight is 196 g/mol. The molecule has 1 aromatic carbocycles. The van der Waals surface area contributed by atoms with Crippen molar-refractivity contribution < 1.29 is 17.0 Å². The Balaban J connectivity index is 2.79. The molecular weight excluding hydrogens is 180 g/mol. The lowest BCUT2D eigenvalue weighted by Gasteiger charge is -2.02. The van der Waals surface area contributed by atoms with Crippen molar-refractivity contribution in [2.45, 2.75) is 12.8 Å². The van der Waals surface area contributed by atoms with E-state index in [1.165, 1.54) is 7.11 Å². The highest BCUT2D eigenvalue weighted by atomic mass is 16.5. The van der Waals surface area contributed by atoms with E-state index in [2.05, 4.69) is 4.74 Å². The average Bonchev–Trinajstić information content (AvgIpc) is 2.36. The normalized spacial score (nSPS) is 16.1. The highest BCUT2D eigenvalue weighted by molar-refractivity contribution is 5.69. The van der Waals surface area contributed by atoms with Crippen molar-refractivity contribution in [1.29, 1.82) is 0 Å². The maximum Gasteiger partial charge on any atom is 0.305 e. The summed E-state index contributed by atoms with van der Waals surface area (Å²) in [4.78, 5) is 11.1. The molecule has 0 heterocycles. The summed E-state index contributed by atoms with van der Waals surface area (Å²) in [7, 11) is 2.76. The van der Waals surface area contributed by atoms with E-state index in [0.29, 0.717) is 11.3 Å². The SMILES string of the molecule is [2H]C(C(=O)OC)C([2H])c1ccc(OC)cc1. The molecule has 0 aliphatic rings. The van der Waals surface area contributed by atoms with Crippen molar-refractivity contribution in [3.8, 4) is 5.75 Å². The van der Waals surface area contributed by atoms with Crippen molar-refractivity contribution in [2.24, 2.45) is 0 Å². The number of carbonyl (C=O) groups excluding carboxylic acids is 1. The molecule has 0 bridgehead atoms. The Kier molecular flexibility index (Phi) is 2.96. The van der Waals surface area contributed by atoms with Gasteiger partial charge >= 0.3 is 5.97 Å². The first-order valence-corrected chi connectivity index (χ1v) is 4.16. The van der Waals surface area contributed by atoms with E-state index < -0.39 is 18.8 Å². The Morgan fingerprint density at radius 2 is 2.00 bits per heavy atom. The molecule has 0 amide bonds. The molecule has 2 atom stereocenters. The number of aryl methyl sites for hydroxylation is 1. The standard InChI is InChI=1S/C11H14O3/c1-13-10-6-3-9(4-7-10)5-8-11(12)14-2/h3-4,6-7H,5,8H2,1-2H3/i5D,8D. The predicted octanol–water partition coefficient (Wildman–Crippen LogP) is 1.80. The summed E-state index contributed by atoms with van der Waals surface area (Å²) >= 11 is 0. The second kappa shape index (κ2) is 5.27. The van der Waals surface area contributed by atoms with E-state index in [1.807, 2.05) is 0 Å². The zero-order chi connectivity index (χ0) is 12.1. The van der Waals surface area contributed by atoms with Gasteiger partial charge in [-0.2, -0.15) is 0 Å². The molecule has 0 radical (unpaired) electrons. The third-order valence-corrected chi connectivity index (χ3v) is 1.73. The van der Waals surface area contributed by atoms with E-state index in [4.69, 9.17) is 7.48 Å². The minimum Gasteiger partial charge on any atom is -0.497 e.